The Bertz CT molecular complexity index is 1180. The normalized spacial score (nSPS) is 14.3. The van der Waals surface area contributed by atoms with E-state index in [1.54, 1.807) is 22.7 Å². The number of nitrogens with one attached hydrogen (secondary N) is 1. The third-order valence-corrected chi connectivity index (χ3v) is 8.39. The van der Waals surface area contributed by atoms with Gasteiger partial charge in [0.2, 0.25) is 5.91 Å². The van der Waals surface area contributed by atoms with E-state index in [0.717, 1.165) is 45.5 Å². The van der Waals surface area contributed by atoms with Crippen LogP contribution in [0.4, 0.5) is 5.00 Å². The van der Waals surface area contributed by atoms with E-state index >= 15 is 0 Å². The fourth-order valence-electron chi connectivity index (χ4n) is 3.60. The van der Waals surface area contributed by atoms with E-state index in [0.29, 0.717) is 10.8 Å². The maximum absolute atomic E-state index is 12.8. The van der Waals surface area contributed by atoms with Crippen molar-refractivity contribution in [1.82, 2.24) is 9.88 Å². The lowest BCUT2D eigenvalue weighted by atomic mass is 10.0. The zero-order valence-corrected chi connectivity index (χ0v) is 18.9. The molecule has 1 amide bonds. The van der Waals surface area contributed by atoms with Crippen LogP contribution in [0.2, 0.25) is 4.34 Å². The molecule has 0 bridgehead atoms. The molecule has 0 fully saturated rings. The molecule has 8 heteroatoms. The summed E-state index contributed by atoms with van der Waals surface area (Å²) in [5.74, 6) is -0.0159. The standard InChI is InChI=1S/C21H18ClN3OS3/c1-25-9-8-13-16(11-25)29-21(24-18(26)10-12-6-7-17(22)27-12)19(13)20-23-14-4-2-3-5-15(14)28-20/h2-7H,8-11H2,1H3,(H,24,26). The molecule has 29 heavy (non-hydrogen) atoms. The summed E-state index contributed by atoms with van der Waals surface area (Å²) in [6.45, 7) is 1.93. The molecule has 1 aromatic carbocycles. The van der Waals surface area contributed by atoms with Crippen molar-refractivity contribution in [3.8, 4) is 10.6 Å². The molecule has 148 valence electrons. The van der Waals surface area contributed by atoms with Crippen molar-refractivity contribution < 1.29 is 4.79 Å². The van der Waals surface area contributed by atoms with Crippen molar-refractivity contribution in [1.29, 1.82) is 0 Å². The van der Waals surface area contributed by atoms with Gasteiger partial charge >= 0.3 is 0 Å². The number of carbonyl (C=O) groups is 1. The van der Waals surface area contributed by atoms with Gasteiger partial charge in [0.15, 0.2) is 0 Å². The molecule has 0 spiro atoms. The van der Waals surface area contributed by atoms with E-state index in [9.17, 15) is 4.79 Å². The number of thiazole rings is 1. The minimum absolute atomic E-state index is 0.0159. The first kappa shape index (κ1) is 19.2. The lowest BCUT2D eigenvalue weighted by Gasteiger charge is -2.22. The highest BCUT2D eigenvalue weighted by Gasteiger charge is 2.26. The van der Waals surface area contributed by atoms with Gasteiger partial charge in [0.25, 0.3) is 0 Å². The Kier molecular flexibility index (Phi) is 5.17. The molecule has 0 saturated heterocycles. The van der Waals surface area contributed by atoms with E-state index in [4.69, 9.17) is 16.6 Å². The van der Waals surface area contributed by atoms with Crippen molar-refractivity contribution in [2.75, 3.05) is 18.9 Å². The number of hydrogen-bond donors (Lipinski definition) is 1. The van der Waals surface area contributed by atoms with Gasteiger partial charge in [-0.05, 0) is 43.3 Å². The average molecular weight is 460 g/mol. The molecule has 1 aliphatic rings. The minimum Gasteiger partial charge on any atom is -0.317 e. The predicted molar refractivity (Wildman–Crippen MR) is 125 cm³/mol. The van der Waals surface area contributed by atoms with Crippen molar-refractivity contribution >= 4 is 66.7 Å². The highest BCUT2D eigenvalue weighted by atomic mass is 35.5. The van der Waals surface area contributed by atoms with Crippen LogP contribution in [0.5, 0.6) is 0 Å². The van der Waals surface area contributed by atoms with Gasteiger partial charge in [-0.3, -0.25) is 4.79 Å². The van der Waals surface area contributed by atoms with Crippen LogP contribution in [0.3, 0.4) is 0 Å². The summed E-state index contributed by atoms with van der Waals surface area (Å²) in [5.41, 5.74) is 3.45. The maximum atomic E-state index is 12.8. The second-order valence-corrected chi connectivity index (χ2v) is 11.0. The average Bonchev–Trinajstić information content (AvgIpc) is 3.37. The first-order valence-corrected chi connectivity index (χ1v) is 12.1. The van der Waals surface area contributed by atoms with Gasteiger partial charge in [0.1, 0.15) is 10.0 Å². The van der Waals surface area contributed by atoms with Crippen LogP contribution < -0.4 is 5.32 Å². The maximum Gasteiger partial charge on any atom is 0.230 e. The highest BCUT2D eigenvalue weighted by Crippen LogP contribution is 2.45. The summed E-state index contributed by atoms with van der Waals surface area (Å²) in [7, 11) is 2.14. The molecule has 1 aliphatic heterocycles. The zero-order valence-electron chi connectivity index (χ0n) is 15.7. The Morgan fingerprint density at radius 1 is 1.21 bits per heavy atom. The third kappa shape index (κ3) is 3.85. The Labute approximate surface area is 185 Å². The second-order valence-electron chi connectivity index (χ2n) is 7.11. The first-order chi connectivity index (χ1) is 14.1. The number of nitrogens with zero attached hydrogens (tertiary/aromatic N) is 2. The molecule has 1 N–H and O–H groups in total. The number of aromatic nitrogens is 1. The van der Waals surface area contributed by atoms with Gasteiger partial charge in [-0.1, -0.05) is 23.7 Å². The second kappa shape index (κ2) is 7.81. The summed E-state index contributed by atoms with van der Waals surface area (Å²) in [6, 6.07) is 11.9. The van der Waals surface area contributed by atoms with Crippen LogP contribution in [-0.4, -0.2) is 29.4 Å². The molecule has 4 aromatic rings. The van der Waals surface area contributed by atoms with E-state index in [1.165, 1.54) is 26.5 Å². The number of fused-ring (bicyclic) bond motifs is 2. The number of hydrogen-bond acceptors (Lipinski definition) is 6. The van der Waals surface area contributed by atoms with Gasteiger partial charge in [-0.15, -0.1) is 34.0 Å². The number of benzene rings is 1. The summed E-state index contributed by atoms with van der Waals surface area (Å²) < 4.78 is 1.87. The SMILES string of the molecule is CN1CCc2c(sc(NC(=O)Cc3ccc(Cl)s3)c2-c2nc3ccccc3s2)C1. The number of para-hydroxylation sites is 1. The van der Waals surface area contributed by atoms with Crippen molar-refractivity contribution in [3.05, 3.63) is 56.1 Å². The minimum atomic E-state index is -0.0159. The van der Waals surface area contributed by atoms with Crippen LogP contribution in [0.1, 0.15) is 15.3 Å². The van der Waals surface area contributed by atoms with Crippen LogP contribution >= 0.6 is 45.6 Å². The summed E-state index contributed by atoms with van der Waals surface area (Å²) in [4.78, 5) is 22.2. The molecular weight excluding hydrogens is 442 g/mol. The summed E-state index contributed by atoms with van der Waals surface area (Å²) in [6.07, 6.45) is 1.31. The van der Waals surface area contributed by atoms with Gasteiger partial charge in [-0.2, -0.15) is 0 Å². The Morgan fingerprint density at radius 2 is 2.07 bits per heavy atom. The fourth-order valence-corrected chi connectivity index (χ4v) is 7.14. The predicted octanol–water partition coefficient (Wildman–Crippen LogP) is 5.91. The number of halogens is 1. The lowest BCUT2D eigenvalue weighted by Crippen LogP contribution is -2.25. The van der Waals surface area contributed by atoms with Crippen LogP contribution in [0, 0.1) is 0 Å². The van der Waals surface area contributed by atoms with Crippen molar-refractivity contribution in [2.45, 2.75) is 19.4 Å². The number of anilines is 1. The van der Waals surface area contributed by atoms with Gasteiger partial charge in [-0.25, -0.2) is 4.98 Å². The Balaban J connectivity index is 1.53. The van der Waals surface area contributed by atoms with Crippen LogP contribution in [-0.2, 0) is 24.2 Å². The summed E-state index contributed by atoms with van der Waals surface area (Å²) >= 11 is 10.8. The monoisotopic (exact) mass is 459 g/mol. The molecule has 0 radical (unpaired) electrons. The Hall–Kier alpha value is -1.77. The van der Waals surface area contributed by atoms with E-state index in [2.05, 4.69) is 23.3 Å². The van der Waals surface area contributed by atoms with Crippen LogP contribution in [0.25, 0.3) is 20.8 Å². The van der Waals surface area contributed by atoms with Crippen LogP contribution in [0.15, 0.2) is 36.4 Å². The van der Waals surface area contributed by atoms with Gasteiger partial charge in [0.05, 0.1) is 21.0 Å². The van der Waals surface area contributed by atoms with E-state index in [1.807, 2.05) is 30.3 Å². The smallest absolute Gasteiger partial charge is 0.230 e. The van der Waals surface area contributed by atoms with Gasteiger partial charge in [0, 0.05) is 28.4 Å². The lowest BCUT2D eigenvalue weighted by molar-refractivity contribution is -0.115. The molecular formula is C21H18ClN3OS3. The van der Waals surface area contributed by atoms with Crippen molar-refractivity contribution in [2.24, 2.45) is 0 Å². The molecule has 0 aliphatic carbocycles. The highest BCUT2D eigenvalue weighted by molar-refractivity contribution is 7.23. The molecule has 3 aromatic heterocycles. The molecule has 0 saturated carbocycles. The number of carbonyl (C=O) groups excluding carboxylic acids is 1. The topological polar surface area (TPSA) is 45.2 Å². The molecule has 0 atom stereocenters. The quantitative estimate of drug-likeness (QED) is 0.412. The zero-order chi connectivity index (χ0) is 20.0. The van der Waals surface area contributed by atoms with Gasteiger partial charge < -0.3 is 10.2 Å². The summed E-state index contributed by atoms with van der Waals surface area (Å²) in [5, 5.41) is 5.08. The molecule has 4 heterocycles. The Morgan fingerprint density at radius 3 is 2.86 bits per heavy atom. The van der Waals surface area contributed by atoms with Crippen molar-refractivity contribution in [3.63, 3.8) is 0 Å². The number of rotatable bonds is 4. The third-order valence-electron chi connectivity index (χ3n) is 4.97. The number of thiophene rings is 2. The van der Waals surface area contributed by atoms with E-state index < -0.39 is 0 Å². The first-order valence-electron chi connectivity index (χ1n) is 9.30. The number of likely N-dealkylation sites (N-methyl/N-ethyl adjacent to an activating group) is 1. The fraction of sp³-hybridized carbons (Fsp3) is 0.238. The number of amides is 1. The largest absolute Gasteiger partial charge is 0.317 e. The van der Waals surface area contributed by atoms with E-state index in [-0.39, 0.29) is 5.91 Å². The molecule has 5 rings (SSSR count). The molecule has 4 nitrogen and oxygen atoms in total. The molecule has 0 unspecified atom stereocenters.